The van der Waals surface area contributed by atoms with Crippen molar-refractivity contribution in [2.75, 3.05) is 13.3 Å². The van der Waals surface area contributed by atoms with Gasteiger partial charge in [-0.05, 0) is 35.7 Å². The third-order valence-electron chi connectivity index (χ3n) is 3.81. The highest BCUT2D eigenvalue weighted by Crippen LogP contribution is 2.32. The van der Waals surface area contributed by atoms with E-state index in [4.69, 9.17) is 9.47 Å². The number of benzene rings is 1. The number of fused-ring (bicyclic) bond motifs is 1. The molecular formula is C19H22N2O3. The molecule has 0 bridgehead atoms. The van der Waals surface area contributed by atoms with Crippen LogP contribution in [0.2, 0.25) is 0 Å². The number of hydrogen-bond donors (Lipinski definition) is 0. The van der Waals surface area contributed by atoms with E-state index in [0.717, 1.165) is 17.0 Å². The highest BCUT2D eigenvalue weighted by atomic mass is 16.7. The number of amides is 1. The maximum absolute atomic E-state index is 12.8. The van der Waals surface area contributed by atoms with Gasteiger partial charge in [0.2, 0.25) is 12.7 Å². The van der Waals surface area contributed by atoms with Crippen LogP contribution >= 0.6 is 0 Å². The second-order valence-electron chi connectivity index (χ2n) is 6.35. The van der Waals surface area contributed by atoms with E-state index in [-0.39, 0.29) is 12.7 Å². The summed E-state index contributed by atoms with van der Waals surface area (Å²) in [6.07, 6.45) is 2.10. The van der Waals surface area contributed by atoms with E-state index in [1.54, 1.807) is 6.20 Å². The summed E-state index contributed by atoms with van der Waals surface area (Å²) >= 11 is 0. The lowest BCUT2D eigenvalue weighted by molar-refractivity contribution is -0.131. The monoisotopic (exact) mass is 326 g/mol. The molecule has 0 radical (unpaired) electrons. The van der Waals surface area contributed by atoms with Crippen molar-refractivity contribution < 1.29 is 14.3 Å². The second-order valence-corrected chi connectivity index (χ2v) is 6.35. The molecule has 0 atom stereocenters. The van der Waals surface area contributed by atoms with Gasteiger partial charge >= 0.3 is 0 Å². The van der Waals surface area contributed by atoms with Crippen molar-refractivity contribution in [3.63, 3.8) is 0 Å². The van der Waals surface area contributed by atoms with Gasteiger partial charge in [0.25, 0.3) is 0 Å². The number of pyridine rings is 1. The Balaban J connectivity index is 1.71. The second kappa shape index (κ2) is 7.34. The standard InChI is InChI=1S/C19H22N2O3/c1-14(2)11-21(12-16-5-3-4-8-20-16)19(22)10-15-6-7-17-18(9-15)24-13-23-17/h3-9,14H,10-13H2,1-2H3. The summed E-state index contributed by atoms with van der Waals surface area (Å²) in [7, 11) is 0. The van der Waals surface area contributed by atoms with Crippen LogP contribution in [-0.2, 0) is 17.8 Å². The average molecular weight is 326 g/mol. The average Bonchev–Trinajstić information content (AvgIpc) is 3.02. The lowest BCUT2D eigenvalue weighted by Crippen LogP contribution is -2.35. The number of nitrogens with zero attached hydrogens (tertiary/aromatic N) is 2. The quantitative estimate of drug-likeness (QED) is 0.819. The Labute approximate surface area is 142 Å². The fraction of sp³-hybridized carbons (Fsp3) is 0.368. The van der Waals surface area contributed by atoms with E-state index in [1.165, 1.54) is 0 Å². The number of ether oxygens (including phenoxy) is 2. The van der Waals surface area contributed by atoms with Gasteiger partial charge in [-0.25, -0.2) is 0 Å². The SMILES string of the molecule is CC(C)CN(Cc1ccccn1)C(=O)Cc1ccc2c(c1)OCO2. The van der Waals surface area contributed by atoms with E-state index in [1.807, 2.05) is 41.3 Å². The minimum absolute atomic E-state index is 0.0909. The first-order valence-electron chi connectivity index (χ1n) is 8.18. The zero-order chi connectivity index (χ0) is 16.9. The minimum atomic E-state index is 0.0909. The Hall–Kier alpha value is -2.56. The molecule has 5 heteroatoms. The third kappa shape index (κ3) is 4.04. The molecule has 0 spiro atoms. The van der Waals surface area contributed by atoms with Crippen molar-refractivity contribution in [1.29, 1.82) is 0 Å². The lowest BCUT2D eigenvalue weighted by atomic mass is 10.1. The maximum Gasteiger partial charge on any atom is 0.231 e. The first-order chi connectivity index (χ1) is 11.6. The molecule has 1 aliphatic heterocycles. The largest absolute Gasteiger partial charge is 0.454 e. The van der Waals surface area contributed by atoms with Crippen LogP contribution in [0, 0.1) is 5.92 Å². The van der Waals surface area contributed by atoms with Crippen molar-refractivity contribution in [2.24, 2.45) is 5.92 Å². The molecule has 0 unspecified atom stereocenters. The van der Waals surface area contributed by atoms with E-state index < -0.39 is 0 Å². The molecule has 126 valence electrons. The van der Waals surface area contributed by atoms with Gasteiger partial charge in [-0.1, -0.05) is 26.0 Å². The van der Waals surface area contributed by atoms with Gasteiger partial charge in [-0.2, -0.15) is 0 Å². The number of hydrogen-bond acceptors (Lipinski definition) is 4. The summed E-state index contributed by atoms with van der Waals surface area (Å²) < 4.78 is 10.7. The van der Waals surface area contributed by atoms with Gasteiger partial charge in [-0.3, -0.25) is 9.78 Å². The molecule has 1 amide bonds. The number of aromatic nitrogens is 1. The predicted molar refractivity (Wildman–Crippen MR) is 90.8 cm³/mol. The molecule has 2 aromatic rings. The first-order valence-corrected chi connectivity index (χ1v) is 8.18. The van der Waals surface area contributed by atoms with Gasteiger partial charge in [-0.15, -0.1) is 0 Å². The molecular weight excluding hydrogens is 304 g/mol. The van der Waals surface area contributed by atoms with Gasteiger partial charge in [0.15, 0.2) is 11.5 Å². The molecule has 0 aliphatic carbocycles. The van der Waals surface area contributed by atoms with Crippen LogP contribution in [0.1, 0.15) is 25.1 Å². The van der Waals surface area contributed by atoms with Crippen LogP contribution in [0.15, 0.2) is 42.6 Å². The molecule has 5 nitrogen and oxygen atoms in total. The molecule has 0 saturated heterocycles. The third-order valence-corrected chi connectivity index (χ3v) is 3.81. The van der Waals surface area contributed by atoms with Crippen LogP contribution in [0.4, 0.5) is 0 Å². The normalized spacial score (nSPS) is 12.5. The molecule has 3 rings (SSSR count). The molecule has 2 heterocycles. The maximum atomic E-state index is 12.8. The Morgan fingerprint density at radius 2 is 2.04 bits per heavy atom. The van der Waals surface area contributed by atoms with Crippen molar-refractivity contribution in [2.45, 2.75) is 26.8 Å². The summed E-state index contributed by atoms with van der Waals surface area (Å²) in [5.41, 5.74) is 1.83. The fourth-order valence-electron chi connectivity index (χ4n) is 2.72. The molecule has 24 heavy (non-hydrogen) atoms. The Kier molecular flexibility index (Phi) is 4.99. The van der Waals surface area contributed by atoms with Crippen LogP contribution in [0.25, 0.3) is 0 Å². The highest BCUT2D eigenvalue weighted by Gasteiger charge is 2.19. The molecule has 0 fully saturated rings. The number of carbonyl (C=O) groups excluding carboxylic acids is 1. The minimum Gasteiger partial charge on any atom is -0.454 e. The van der Waals surface area contributed by atoms with E-state index in [2.05, 4.69) is 18.8 Å². The smallest absolute Gasteiger partial charge is 0.231 e. The molecule has 0 N–H and O–H groups in total. The van der Waals surface area contributed by atoms with Crippen molar-refractivity contribution in [1.82, 2.24) is 9.88 Å². The van der Waals surface area contributed by atoms with E-state index >= 15 is 0 Å². The van der Waals surface area contributed by atoms with Gasteiger partial charge in [0.1, 0.15) is 0 Å². The summed E-state index contributed by atoms with van der Waals surface area (Å²) in [5.74, 6) is 1.93. The molecule has 1 aromatic heterocycles. The van der Waals surface area contributed by atoms with E-state index in [9.17, 15) is 4.79 Å². The van der Waals surface area contributed by atoms with Crippen LogP contribution < -0.4 is 9.47 Å². The van der Waals surface area contributed by atoms with Crippen molar-refractivity contribution in [3.05, 3.63) is 53.9 Å². The molecule has 1 aromatic carbocycles. The van der Waals surface area contributed by atoms with Crippen LogP contribution in [-0.4, -0.2) is 29.1 Å². The predicted octanol–water partition coefficient (Wildman–Crippen LogP) is 3.04. The van der Waals surface area contributed by atoms with Gasteiger partial charge < -0.3 is 14.4 Å². The molecule has 1 aliphatic rings. The summed E-state index contributed by atoms with van der Waals surface area (Å²) in [6, 6.07) is 11.4. The molecule has 0 saturated carbocycles. The summed E-state index contributed by atoms with van der Waals surface area (Å²) in [6.45, 7) is 5.70. The number of carbonyl (C=O) groups is 1. The highest BCUT2D eigenvalue weighted by molar-refractivity contribution is 5.79. The topological polar surface area (TPSA) is 51.7 Å². The first kappa shape index (κ1) is 16.3. The number of rotatable bonds is 6. The zero-order valence-electron chi connectivity index (χ0n) is 14.1. The lowest BCUT2D eigenvalue weighted by Gasteiger charge is -2.24. The fourth-order valence-corrected chi connectivity index (χ4v) is 2.72. The van der Waals surface area contributed by atoms with Gasteiger partial charge in [0, 0.05) is 12.7 Å². The van der Waals surface area contributed by atoms with E-state index in [0.29, 0.717) is 31.2 Å². The van der Waals surface area contributed by atoms with Crippen LogP contribution in [0.5, 0.6) is 11.5 Å². The van der Waals surface area contributed by atoms with Crippen LogP contribution in [0.3, 0.4) is 0 Å². The Morgan fingerprint density at radius 3 is 2.79 bits per heavy atom. The van der Waals surface area contributed by atoms with Crippen molar-refractivity contribution >= 4 is 5.91 Å². The summed E-state index contributed by atoms with van der Waals surface area (Å²) in [4.78, 5) is 19.0. The summed E-state index contributed by atoms with van der Waals surface area (Å²) in [5, 5.41) is 0. The Morgan fingerprint density at radius 1 is 1.21 bits per heavy atom. The zero-order valence-corrected chi connectivity index (χ0v) is 14.1. The van der Waals surface area contributed by atoms with Crippen molar-refractivity contribution in [3.8, 4) is 11.5 Å². The van der Waals surface area contributed by atoms with Gasteiger partial charge in [0.05, 0.1) is 18.7 Å². The Bertz CT molecular complexity index is 701.